The molecule has 3 rings (SSSR count). The summed E-state index contributed by atoms with van der Waals surface area (Å²) >= 11 is 12.2. The van der Waals surface area contributed by atoms with Gasteiger partial charge in [0, 0.05) is 41.8 Å². The van der Waals surface area contributed by atoms with Gasteiger partial charge in [0.15, 0.2) is 0 Å². The van der Waals surface area contributed by atoms with Crippen molar-refractivity contribution in [3.05, 3.63) is 69.2 Å². The van der Waals surface area contributed by atoms with Crippen LogP contribution in [0.5, 0.6) is 0 Å². The Morgan fingerprint density at radius 1 is 1.20 bits per heavy atom. The molecule has 8 nitrogen and oxygen atoms in total. The SMILES string of the molecule is CC(C)(O)CN=CCC(N)=NC(=O)C1NC(CC(C)(C)CO)C(N)(c2ccc(Cl)cc2F)C1c1cccc(Cl)c1F. The lowest BCUT2D eigenvalue weighted by atomic mass is 9.68. The molecule has 1 aliphatic heterocycles. The van der Waals surface area contributed by atoms with Crippen molar-refractivity contribution in [3.8, 4) is 0 Å². The van der Waals surface area contributed by atoms with Gasteiger partial charge >= 0.3 is 0 Å². The number of nitrogens with zero attached hydrogens (tertiary/aromatic N) is 2. The molecule has 0 radical (unpaired) electrons. The fraction of sp³-hybridized carbons (Fsp3) is 0.483. The highest BCUT2D eigenvalue weighted by atomic mass is 35.5. The summed E-state index contributed by atoms with van der Waals surface area (Å²) in [6.07, 6.45) is 1.64. The molecule has 2 aromatic rings. The number of carbonyl (C=O) groups excluding carboxylic acids is 1. The lowest BCUT2D eigenvalue weighted by Crippen LogP contribution is -2.53. The van der Waals surface area contributed by atoms with Crippen LogP contribution in [0.2, 0.25) is 10.0 Å². The van der Waals surface area contributed by atoms with Crippen LogP contribution in [0, 0.1) is 17.0 Å². The topological polar surface area (TPSA) is 146 Å². The molecule has 0 aromatic heterocycles. The minimum atomic E-state index is -1.72. The van der Waals surface area contributed by atoms with Crippen LogP contribution in [0.3, 0.4) is 0 Å². The summed E-state index contributed by atoms with van der Waals surface area (Å²) in [4.78, 5) is 21.8. The van der Waals surface area contributed by atoms with Crippen molar-refractivity contribution >= 4 is 41.2 Å². The summed E-state index contributed by atoms with van der Waals surface area (Å²) in [5.74, 6) is -3.55. The van der Waals surface area contributed by atoms with Crippen molar-refractivity contribution < 1.29 is 23.8 Å². The zero-order chi connectivity index (χ0) is 30.8. The Morgan fingerprint density at radius 3 is 2.49 bits per heavy atom. The molecular formula is C29H37Cl2F2N5O3. The molecule has 4 unspecified atom stereocenters. The minimum Gasteiger partial charge on any atom is -0.396 e. The molecule has 1 aliphatic rings. The van der Waals surface area contributed by atoms with E-state index in [1.54, 1.807) is 27.7 Å². The molecule has 2 aromatic carbocycles. The van der Waals surface area contributed by atoms with Crippen LogP contribution in [0.25, 0.3) is 0 Å². The predicted octanol–water partition coefficient (Wildman–Crippen LogP) is 4.07. The number of hydrogen-bond acceptors (Lipinski definition) is 6. The molecule has 0 aliphatic carbocycles. The van der Waals surface area contributed by atoms with Gasteiger partial charge in [0.05, 0.1) is 28.7 Å². The molecule has 0 spiro atoms. The summed E-state index contributed by atoms with van der Waals surface area (Å²) < 4.78 is 31.2. The minimum absolute atomic E-state index is 0.00326. The average molecular weight is 613 g/mol. The lowest BCUT2D eigenvalue weighted by Gasteiger charge is -2.40. The van der Waals surface area contributed by atoms with E-state index in [9.17, 15) is 15.0 Å². The second kappa shape index (κ2) is 12.8. The highest BCUT2D eigenvalue weighted by Crippen LogP contribution is 2.50. The average Bonchev–Trinajstić information content (AvgIpc) is 3.15. The molecule has 0 saturated carbocycles. The first-order valence-corrected chi connectivity index (χ1v) is 13.9. The molecule has 41 heavy (non-hydrogen) atoms. The predicted molar refractivity (Wildman–Crippen MR) is 159 cm³/mol. The number of nitrogens with one attached hydrogen (secondary N) is 1. The first-order chi connectivity index (χ1) is 19.0. The number of nitrogens with two attached hydrogens (primary N) is 2. The number of hydrogen-bond donors (Lipinski definition) is 5. The summed E-state index contributed by atoms with van der Waals surface area (Å²) in [6, 6.07) is 6.22. The number of amidine groups is 1. The second-order valence-electron chi connectivity index (χ2n) is 11.9. The second-order valence-corrected chi connectivity index (χ2v) is 12.7. The van der Waals surface area contributed by atoms with Crippen LogP contribution in [0.15, 0.2) is 46.4 Å². The Hall–Kier alpha value is -2.47. The first kappa shape index (κ1) is 33.0. The summed E-state index contributed by atoms with van der Waals surface area (Å²) in [7, 11) is 0. The number of aliphatic imine (C=N–C) groups is 2. The molecule has 1 heterocycles. The van der Waals surface area contributed by atoms with E-state index in [0.717, 1.165) is 6.07 Å². The van der Waals surface area contributed by atoms with Crippen molar-refractivity contribution in [2.24, 2.45) is 26.9 Å². The van der Waals surface area contributed by atoms with Gasteiger partial charge in [0.2, 0.25) is 0 Å². The van der Waals surface area contributed by atoms with Gasteiger partial charge < -0.3 is 27.0 Å². The van der Waals surface area contributed by atoms with Crippen molar-refractivity contribution in [2.45, 2.75) is 69.7 Å². The van der Waals surface area contributed by atoms with Gasteiger partial charge in [-0.25, -0.2) is 8.78 Å². The van der Waals surface area contributed by atoms with Crippen molar-refractivity contribution in [3.63, 3.8) is 0 Å². The highest BCUT2D eigenvalue weighted by Gasteiger charge is 2.58. The van der Waals surface area contributed by atoms with Crippen molar-refractivity contribution in [2.75, 3.05) is 13.2 Å². The number of amides is 1. The summed E-state index contributed by atoms with van der Waals surface area (Å²) in [5.41, 5.74) is 9.69. The number of halogens is 4. The van der Waals surface area contributed by atoms with Crippen molar-refractivity contribution in [1.29, 1.82) is 0 Å². The molecule has 1 amide bonds. The lowest BCUT2D eigenvalue weighted by molar-refractivity contribution is -0.119. The van der Waals surface area contributed by atoms with Gasteiger partial charge in [0.1, 0.15) is 17.5 Å². The van der Waals surface area contributed by atoms with Crippen LogP contribution in [0.1, 0.15) is 57.6 Å². The van der Waals surface area contributed by atoms with Crippen LogP contribution in [0.4, 0.5) is 8.78 Å². The number of benzene rings is 2. The summed E-state index contributed by atoms with van der Waals surface area (Å²) in [5, 5.41) is 23.0. The van der Waals surface area contributed by atoms with Crippen LogP contribution in [-0.4, -0.2) is 59.0 Å². The Kier molecular flexibility index (Phi) is 10.3. The Morgan fingerprint density at radius 2 is 1.88 bits per heavy atom. The Bertz CT molecular complexity index is 1330. The van der Waals surface area contributed by atoms with E-state index in [-0.39, 0.29) is 53.0 Å². The zero-order valence-corrected chi connectivity index (χ0v) is 25.0. The van der Waals surface area contributed by atoms with E-state index in [1.807, 2.05) is 0 Å². The number of aliphatic hydroxyl groups is 2. The standard InChI is InChI=1S/C29H37Cl2F2N5O3/c1-27(2,15-39)13-21-29(35,18-9-8-16(30)12-20(18)32)23(17-6-5-7-19(31)24(17)33)25(37-21)26(40)38-22(34)10-11-36-14-28(3,4)41/h5-9,11-12,21,23,25,37,39,41H,10,13-15,35H2,1-4H3,(H2,34,38,40). The third-order valence-corrected chi connectivity index (χ3v) is 7.66. The first-order valence-electron chi connectivity index (χ1n) is 13.1. The fourth-order valence-electron chi connectivity index (χ4n) is 5.10. The van der Waals surface area contributed by atoms with E-state index in [2.05, 4.69) is 15.3 Å². The number of rotatable bonds is 10. The van der Waals surface area contributed by atoms with Gasteiger partial charge in [-0.15, -0.1) is 0 Å². The number of carbonyl (C=O) groups is 1. The van der Waals surface area contributed by atoms with Crippen LogP contribution < -0.4 is 16.8 Å². The third-order valence-electron chi connectivity index (χ3n) is 7.13. The third kappa shape index (κ3) is 7.68. The number of aliphatic hydroxyl groups excluding tert-OH is 1. The Balaban J connectivity index is 2.16. The molecule has 224 valence electrons. The smallest absolute Gasteiger partial charge is 0.265 e. The van der Waals surface area contributed by atoms with Gasteiger partial charge in [-0.2, -0.15) is 4.99 Å². The van der Waals surface area contributed by atoms with E-state index >= 15 is 8.78 Å². The molecule has 1 saturated heterocycles. The largest absolute Gasteiger partial charge is 0.396 e. The molecule has 0 bridgehead atoms. The normalized spacial score (nSPS) is 23.9. The molecule has 1 fully saturated rings. The Labute approximate surface area is 248 Å². The maximum absolute atomic E-state index is 15.6. The van der Waals surface area contributed by atoms with Gasteiger partial charge in [-0.1, -0.05) is 55.2 Å². The van der Waals surface area contributed by atoms with Crippen molar-refractivity contribution in [1.82, 2.24) is 5.32 Å². The maximum atomic E-state index is 15.6. The molecule has 12 heteroatoms. The van der Waals surface area contributed by atoms with E-state index in [4.69, 9.17) is 34.7 Å². The molecular weight excluding hydrogens is 575 g/mol. The quantitative estimate of drug-likeness (QED) is 0.202. The highest BCUT2D eigenvalue weighted by molar-refractivity contribution is 6.31. The van der Waals surface area contributed by atoms with E-state index in [0.29, 0.717) is 0 Å². The monoisotopic (exact) mass is 611 g/mol. The maximum Gasteiger partial charge on any atom is 0.265 e. The zero-order valence-electron chi connectivity index (χ0n) is 23.5. The molecule has 4 atom stereocenters. The van der Waals surface area contributed by atoms with Gasteiger partial charge in [0.25, 0.3) is 5.91 Å². The van der Waals surface area contributed by atoms with Crippen LogP contribution in [-0.2, 0) is 10.3 Å². The van der Waals surface area contributed by atoms with E-state index in [1.165, 1.54) is 36.5 Å². The molecule has 7 N–H and O–H groups in total. The van der Waals surface area contributed by atoms with Gasteiger partial charge in [-0.05, 0) is 49.4 Å². The summed E-state index contributed by atoms with van der Waals surface area (Å²) in [6.45, 7) is 6.68. The van der Waals surface area contributed by atoms with Crippen LogP contribution >= 0.6 is 23.2 Å². The van der Waals surface area contributed by atoms with E-state index < -0.39 is 52.1 Å². The fourth-order valence-corrected chi connectivity index (χ4v) is 5.44. The van der Waals surface area contributed by atoms with Gasteiger partial charge in [-0.3, -0.25) is 9.79 Å².